The number of hydrogen-bond donors (Lipinski definition) is 2. The average molecular weight is 453 g/mol. The lowest BCUT2D eigenvalue weighted by molar-refractivity contribution is -0.148. The number of carbonyl (C=O) groups is 2. The van der Waals surface area contributed by atoms with E-state index in [0.29, 0.717) is 57.0 Å². The molecule has 2 N–H and O–H groups in total. The first-order valence-corrected chi connectivity index (χ1v) is 11.2. The summed E-state index contributed by atoms with van der Waals surface area (Å²) in [6.07, 6.45) is 4.36. The number of amides is 1. The summed E-state index contributed by atoms with van der Waals surface area (Å²) in [5, 5.41) is 19.4. The summed E-state index contributed by atoms with van der Waals surface area (Å²) < 4.78 is 12.7. The Morgan fingerprint density at radius 1 is 1.33 bits per heavy atom. The molecule has 3 aromatic rings. The van der Waals surface area contributed by atoms with Gasteiger partial charge in [-0.25, -0.2) is 9.48 Å². The first-order valence-electron chi connectivity index (χ1n) is 11.2. The Morgan fingerprint density at radius 2 is 2.21 bits per heavy atom. The van der Waals surface area contributed by atoms with Crippen LogP contribution < -0.4 is 0 Å². The summed E-state index contributed by atoms with van der Waals surface area (Å²) >= 11 is 0. The number of likely N-dealkylation sites (tertiary alicyclic amines) is 1. The predicted molar refractivity (Wildman–Crippen MR) is 118 cm³/mol. The van der Waals surface area contributed by atoms with Gasteiger partial charge >= 0.3 is 5.97 Å². The summed E-state index contributed by atoms with van der Waals surface area (Å²) in [6.45, 7) is 4.45. The van der Waals surface area contributed by atoms with E-state index in [4.69, 9.17) is 9.47 Å². The first kappa shape index (κ1) is 21.6. The van der Waals surface area contributed by atoms with E-state index in [9.17, 15) is 14.7 Å². The highest BCUT2D eigenvalue weighted by Gasteiger charge is 2.51. The summed E-state index contributed by atoms with van der Waals surface area (Å²) in [5.41, 5.74) is 1.59. The monoisotopic (exact) mass is 453 g/mol. The molecule has 4 heterocycles. The number of aromatic nitrogens is 4. The number of aromatic amines is 1. The molecule has 1 amide bonds. The van der Waals surface area contributed by atoms with Crippen LogP contribution in [0.5, 0.6) is 0 Å². The number of rotatable bonds is 6. The van der Waals surface area contributed by atoms with Crippen LogP contribution in [0.3, 0.4) is 0 Å². The Balaban J connectivity index is 1.39. The van der Waals surface area contributed by atoms with Crippen molar-refractivity contribution in [1.29, 1.82) is 0 Å². The van der Waals surface area contributed by atoms with Crippen molar-refractivity contribution >= 4 is 22.8 Å². The van der Waals surface area contributed by atoms with Crippen molar-refractivity contribution < 1.29 is 24.2 Å². The Morgan fingerprint density at radius 3 is 3.00 bits per heavy atom. The fourth-order valence-electron chi connectivity index (χ4n) is 4.88. The minimum absolute atomic E-state index is 0.0948. The van der Waals surface area contributed by atoms with Gasteiger partial charge in [0.2, 0.25) is 0 Å². The molecule has 2 fully saturated rings. The van der Waals surface area contributed by atoms with Gasteiger partial charge in [-0.2, -0.15) is 0 Å². The number of benzene rings is 1. The third-order valence-electron chi connectivity index (χ3n) is 6.53. The molecule has 1 aromatic carbocycles. The SMILES string of the molecule is Cc1ccc2c(C(=O)N3CCCC3(Cc3cn(C[C@H]4COCCO4)nn3)C(=O)O)c[nH]c2c1. The summed E-state index contributed by atoms with van der Waals surface area (Å²) in [5.74, 6) is -1.31. The van der Waals surface area contributed by atoms with E-state index in [-0.39, 0.29) is 18.4 Å². The van der Waals surface area contributed by atoms with E-state index < -0.39 is 11.5 Å². The lowest BCUT2D eigenvalue weighted by atomic mass is 9.90. The third-order valence-corrected chi connectivity index (χ3v) is 6.53. The number of ether oxygens (including phenoxy) is 2. The molecular weight excluding hydrogens is 426 g/mol. The number of nitrogens with one attached hydrogen (secondary N) is 1. The molecule has 0 radical (unpaired) electrons. The predicted octanol–water partition coefficient (Wildman–Crippen LogP) is 1.79. The minimum atomic E-state index is -1.36. The van der Waals surface area contributed by atoms with Gasteiger partial charge in [0.1, 0.15) is 11.6 Å². The number of carboxylic acids is 1. The number of hydrogen-bond acceptors (Lipinski definition) is 6. The van der Waals surface area contributed by atoms with E-state index in [1.165, 1.54) is 4.90 Å². The van der Waals surface area contributed by atoms with Crippen LogP contribution in [-0.4, -0.2) is 79.9 Å². The highest BCUT2D eigenvalue weighted by Crippen LogP contribution is 2.35. The van der Waals surface area contributed by atoms with Crippen molar-refractivity contribution in [3.8, 4) is 0 Å². The van der Waals surface area contributed by atoms with Crippen LogP contribution in [0.4, 0.5) is 0 Å². The molecule has 10 nitrogen and oxygen atoms in total. The Hall–Kier alpha value is -3.24. The van der Waals surface area contributed by atoms with Crippen LogP contribution in [0.25, 0.3) is 10.9 Å². The minimum Gasteiger partial charge on any atom is -0.479 e. The molecule has 0 saturated carbocycles. The molecule has 2 saturated heterocycles. The van der Waals surface area contributed by atoms with Crippen LogP contribution in [-0.2, 0) is 27.2 Å². The lowest BCUT2D eigenvalue weighted by Gasteiger charge is -2.34. The Bertz CT molecular complexity index is 1180. The maximum Gasteiger partial charge on any atom is 0.330 e. The van der Waals surface area contributed by atoms with E-state index in [1.54, 1.807) is 17.1 Å². The third kappa shape index (κ3) is 4.00. The van der Waals surface area contributed by atoms with E-state index in [0.717, 1.165) is 16.5 Å². The highest BCUT2D eigenvalue weighted by atomic mass is 16.6. The van der Waals surface area contributed by atoms with Gasteiger partial charge in [-0.1, -0.05) is 17.3 Å². The number of H-pyrrole nitrogens is 1. The molecule has 0 bridgehead atoms. The first-order chi connectivity index (χ1) is 16.0. The average Bonchev–Trinajstić information content (AvgIpc) is 3.53. The van der Waals surface area contributed by atoms with Crippen molar-refractivity contribution in [1.82, 2.24) is 24.9 Å². The largest absolute Gasteiger partial charge is 0.479 e. The van der Waals surface area contributed by atoms with Crippen LogP contribution in [0.2, 0.25) is 0 Å². The van der Waals surface area contributed by atoms with Crippen molar-refractivity contribution in [2.45, 2.75) is 44.4 Å². The quantitative estimate of drug-likeness (QED) is 0.583. The molecule has 33 heavy (non-hydrogen) atoms. The summed E-state index contributed by atoms with van der Waals surface area (Å²) in [7, 11) is 0. The van der Waals surface area contributed by atoms with Gasteiger partial charge in [-0.15, -0.1) is 5.10 Å². The molecular formula is C23H27N5O5. The molecule has 174 valence electrons. The van der Waals surface area contributed by atoms with Crippen LogP contribution in [0.1, 0.15) is 34.5 Å². The molecule has 0 spiro atoms. The van der Waals surface area contributed by atoms with Crippen LogP contribution >= 0.6 is 0 Å². The lowest BCUT2D eigenvalue weighted by Crippen LogP contribution is -2.54. The zero-order chi connectivity index (χ0) is 23.0. The second-order valence-corrected chi connectivity index (χ2v) is 8.82. The van der Waals surface area contributed by atoms with Crippen LogP contribution in [0.15, 0.2) is 30.6 Å². The smallest absolute Gasteiger partial charge is 0.330 e. The van der Waals surface area contributed by atoms with Gasteiger partial charge in [0.25, 0.3) is 5.91 Å². The van der Waals surface area contributed by atoms with Gasteiger partial charge in [0.05, 0.1) is 37.6 Å². The zero-order valence-electron chi connectivity index (χ0n) is 18.5. The summed E-state index contributed by atoms with van der Waals surface area (Å²) in [6, 6.07) is 5.82. The zero-order valence-corrected chi connectivity index (χ0v) is 18.5. The second-order valence-electron chi connectivity index (χ2n) is 8.82. The maximum atomic E-state index is 13.6. The Kier molecular flexibility index (Phi) is 5.63. The maximum absolute atomic E-state index is 13.6. The highest BCUT2D eigenvalue weighted by molar-refractivity contribution is 6.08. The molecule has 2 aromatic heterocycles. The molecule has 2 aliphatic heterocycles. The number of nitrogens with zero attached hydrogens (tertiary/aromatic N) is 4. The normalized spacial score (nSPS) is 23.3. The fourth-order valence-corrected chi connectivity index (χ4v) is 4.88. The second kappa shape index (κ2) is 8.60. The van der Waals surface area contributed by atoms with E-state index in [2.05, 4.69) is 15.3 Å². The van der Waals surface area contributed by atoms with Crippen LogP contribution in [0, 0.1) is 6.92 Å². The fraction of sp³-hybridized carbons (Fsp3) is 0.478. The number of carboxylic acid groups (broad SMARTS) is 1. The van der Waals surface area contributed by atoms with E-state index in [1.807, 2.05) is 25.1 Å². The van der Waals surface area contributed by atoms with Gasteiger partial charge in [-0.3, -0.25) is 4.79 Å². The van der Waals surface area contributed by atoms with Gasteiger partial charge in [-0.05, 0) is 31.4 Å². The molecule has 10 heteroatoms. The topological polar surface area (TPSA) is 123 Å². The summed E-state index contributed by atoms with van der Waals surface area (Å²) in [4.78, 5) is 30.7. The number of carbonyl (C=O) groups excluding carboxylic acids is 1. The van der Waals surface area contributed by atoms with Gasteiger partial charge in [0.15, 0.2) is 0 Å². The number of aryl methyl sites for hydroxylation is 1. The van der Waals surface area contributed by atoms with Crippen molar-refractivity contribution in [2.24, 2.45) is 0 Å². The van der Waals surface area contributed by atoms with Gasteiger partial charge in [0, 0.05) is 36.3 Å². The number of aliphatic carboxylic acids is 1. The number of fused-ring (bicyclic) bond motifs is 1. The van der Waals surface area contributed by atoms with Crippen molar-refractivity contribution in [3.05, 3.63) is 47.4 Å². The standard InChI is InChI=1S/C23H27N5O5/c1-15-3-4-18-19(11-24-20(18)9-15)21(29)28-6-2-5-23(28,22(30)31)10-16-12-27(26-25-16)13-17-14-32-7-8-33-17/h3-4,9,11-12,17,24H,2,5-8,10,13-14H2,1H3,(H,30,31)/t17-,23?/m0/s1. The molecule has 2 aliphatic rings. The Labute approximate surface area is 190 Å². The molecule has 5 rings (SSSR count). The molecule has 1 unspecified atom stereocenters. The van der Waals surface area contributed by atoms with Crippen molar-refractivity contribution in [2.75, 3.05) is 26.4 Å². The molecule has 2 atom stereocenters. The molecule has 0 aliphatic carbocycles. The van der Waals surface area contributed by atoms with E-state index >= 15 is 0 Å². The van der Waals surface area contributed by atoms with Crippen molar-refractivity contribution in [3.63, 3.8) is 0 Å². The van der Waals surface area contributed by atoms with Gasteiger partial charge < -0.3 is 24.5 Å².